The molecule has 0 aliphatic carbocycles. The van der Waals surface area contributed by atoms with Crippen LogP contribution in [0.2, 0.25) is 0 Å². The highest BCUT2D eigenvalue weighted by Gasteiger charge is 2.30. The van der Waals surface area contributed by atoms with Crippen molar-refractivity contribution in [1.29, 1.82) is 0 Å². The number of aromatic nitrogens is 1. The van der Waals surface area contributed by atoms with Gasteiger partial charge in [-0.2, -0.15) is 4.99 Å². The highest BCUT2D eigenvalue weighted by atomic mass is 32.2. The minimum Gasteiger partial charge on any atom is -0.454 e. The Balaban J connectivity index is 1.65. The summed E-state index contributed by atoms with van der Waals surface area (Å²) in [5, 5.41) is 0. The average molecular weight is 397 g/mol. The Kier molecular flexibility index (Phi) is 4.28. The Bertz CT molecular complexity index is 1050. The lowest BCUT2D eigenvalue weighted by atomic mass is 9.99. The number of piperidine rings is 1. The van der Waals surface area contributed by atoms with Crippen LogP contribution in [0.5, 0.6) is 11.5 Å². The topological polar surface area (TPSA) is 90.2 Å². The van der Waals surface area contributed by atoms with Crippen LogP contribution in [-0.2, 0) is 21.9 Å². The maximum atomic E-state index is 12.6. The van der Waals surface area contributed by atoms with Crippen molar-refractivity contribution in [1.82, 2.24) is 8.87 Å². The van der Waals surface area contributed by atoms with Crippen molar-refractivity contribution >= 4 is 37.5 Å². The lowest BCUT2D eigenvalue weighted by molar-refractivity contribution is -0.122. The predicted octanol–water partition coefficient (Wildman–Crippen LogP) is 1.07. The molecule has 0 saturated carbocycles. The molecule has 1 aromatic carbocycles. The summed E-state index contributed by atoms with van der Waals surface area (Å²) < 4.78 is 38.4. The normalized spacial score (nSPS) is 21.5. The number of aryl methyl sites for hydroxylation is 1. The highest BCUT2D eigenvalue weighted by Crippen LogP contribution is 2.36. The number of benzene rings is 1. The van der Waals surface area contributed by atoms with Crippen LogP contribution < -0.4 is 14.3 Å². The first-order valence-electron chi connectivity index (χ1n) is 8.26. The van der Waals surface area contributed by atoms with Crippen molar-refractivity contribution in [3.8, 4) is 11.5 Å². The van der Waals surface area contributed by atoms with E-state index in [4.69, 9.17) is 9.47 Å². The molecule has 1 unspecified atom stereocenters. The molecule has 0 radical (unpaired) electrons. The van der Waals surface area contributed by atoms with Gasteiger partial charge in [0.25, 0.3) is 5.91 Å². The fourth-order valence-corrected chi connectivity index (χ4v) is 5.20. The van der Waals surface area contributed by atoms with Gasteiger partial charge in [-0.05, 0) is 12.8 Å². The van der Waals surface area contributed by atoms with Gasteiger partial charge in [-0.15, -0.1) is 0 Å². The minimum atomic E-state index is -3.29. The largest absolute Gasteiger partial charge is 0.454 e. The van der Waals surface area contributed by atoms with E-state index in [0.717, 1.165) is 10.2 Å². The first kappa shape index (κ1) is 17.5. The smallest absolute Gasteiger partial charge is 0.252 e. The van der Waals surface area contributed by atoms with Crippen LogP contribution in [0.1, 0.15) is 12.8 Å². The zero-order valence-electron chi connectivity index (χ0n) is 14.5. The minimum absolute atomic E-state index is 0.200. The summed E-state index contributed by atoms with van der Waals surface area (Å²) in [6.45, 7) is 0.876. The molecule has 1 atom stereocenters. The van der Waals surface area contributed by atoms with Gasteiger partial charge in [-0.3, -0.25) is 4.79 Å². The molecule has 140 valence electrons. The predicted molar refractivity (Wildman–Crippen MR) is 96.6 cm³/mol. The van der Waals surface area contributed by atoms with Gasteiger partial charge in [-0.1, -0.05) is 11.3 Å². The molecule has 0 spiro atoms. The van der Waals surface area contributed by atoms with Crippen molar-refractivity contribution < 1.29 is 22.7 Å². The summed E-state index contributed by atoms with van der Waals surface area (Å²) in [6.07, 6.45) is 2.49. The van der Waals surface area contributed by atoms with Crippen LogP contribution in [0.3, 0.4) is 0 Å². The molecule has 1 amide bonds. The van der Waals surface area contributed by atoms with Gasteiger partial charge in [0.05, 0.1) is 22.4 Å². The molecule has 3 heterocycles. The zero-order valence-corrected chi connectivity index (χ0v) is 16.1. The van der Waals surface area contributed by atoms with Gasteiger partial charge in [0, 0.05) is 32.3 Å². The van der Waals surface area contributed by atoms with Crippen molar-refractivity contribution in [3.05, 3.63) is 16.9 Å². The van der Waals surface area contributed by atoms with Gasteiger partial charge < -0.3 is 14.0 Å². The van der Waals surface area contributed by atoms with Gasteiger partial charge >= 0.3 is 0 Å². The number of hydrogen-bond donors (Lipinski definition) is 0. The van der Waals surface area contributed by atoms with E-state index < -0.39 is 15.9 Å². The van der Waals surface area contributed by atoms with Crippen LogP contribution in [0.4, 0.5) is 0 Å². The molecule has 1 fully saturated rings. The second-order valence-electron chi connectivity index (χ2n) is 6.53. The number of carbonyl (C=O) groups is 1. The summed E-state index contributed by atoms with van der Waals surface area (Å²) in [6, 6.07) is 3.77. The number of rotatable bonds is 2. The Morgan fingerprint density at radius 2 is 2.04 bits per heavy atom. The summed E-state index contributed by atoms with van der Waals surface area (Å²) in [5.74, 6) is 0.689. The van der Waals surface area contributed by atoms with E-state index in [1.807, 2.05) is 23.7 Å². The van der Waals surface area contributed by atoms with Crippen molar-refractivity contribution in [3.63, 3.8) is 0 Å². The van der Waals surface area contributed by atoms with E-state index in [2.05, 4.69) is 4.99 Å². The molecule has 10 heteroatoms. The second kappa shape index (κ2) is 6.36. The molecule has 0 bridgehead atoms. The maximum Gasteiger partial charge on any atom is 0.252 e. The summed E-state index contributed by atoms with van der Waals surface area (Å²) >= 11 is 1.40. The number of thiazole rings is 1. The van der Waals surface area contributed by atoms with Crippen molar-refractivity contribution in [2.45, 2.75) is 12.8 Å². The van der Waals surface area contributed by atoms with Crippen LogP contribution in [-0.4, -0.2) is 49.3 Å². The lowest BCUT2D eigenvalue weighted by Crippen LogP contribution is -2.41. The van der Waals surface area contributed by atoms with Crippen LogP contribution >= 0.6 is 11.3 Å². The molecule has 2 aliphatic rings. The monoisotopic (exact) mass is 397 g/mol. The lowest BCUT2D eigenvalue weighted by Gasteiger charge is -2.28. The van der Waals surface area contributed by atoms with Gasteiger partial charge in [0.15, 0.2) is 16.3 Å². The maximum absolute atomic E-state index is 12.6. The van der Waals surface area contributed by atoms with Gasteiger partial charge in [0.1, 0.15) is 0 Å². The number of fused-ring (bicyclic) bond motifs is 2. The number of ether oxygens (including phenoxy) is 2. The number of nitrogens with zero attached hydrogens (tertiary/aromatic N) is 3. The first-order valence-corrected chi connectivity index (χ1v) is 10.9. The first-order chi connectivity index (χ1) is 12.3. The highest BCUT2D eigenvalue weighted by molar-refractivity contribution is 7.88. The molecule has 1 aromatic heterocycles. The van der Waals surface area contributed by atoms with E-state index in [1.165, 1.54) is 21.9 Å². The Morgan fingerprint density at radius 3 is 2.77 bits per heavy atom. The quantitative estimate of drug-likeness (QED) is 0.756. The van der Waals surface area contributed by atoms with E-state index in [1.54, 1.807) is 0 Å². The van der Waals surface area contributed by atoms with E-state index in [0.29, 0.717) is 35.7 Å². The van der Waals surface area contributed by atoms with E-state index >= 15 is 0 Å². The van der Waals surface area contributed by atoms with Crippen molar-refractivity contribution in [2.75, 3.05) is 26.1 Å². The molecule has 2 aromatic rings. The molecule has 1 saturated heterocycles. The van der Waals surface area contributed by atoms with Crippen LogP contribution in [0.15, 0.2) is 17.1 Å². The third-order valence-corrected chi connectivity index (χ3v) is 7.08. The SMILES string of the molecule is Cn1c(=NC(=O)C2CCCN(S(C)(=O)=O)C2)sc2cc3c(cc21)OCO3. The van der Waals surface area contributed by atoms with Gasteiger partial charge in [-0.25, -0.2) is 12.7 Å². The van der Waals surface area contributed by atoms with E-state index in [-0.39, 0.29) is 19.2 Å². The molecule has 26 heavy (non-hydrogen) atoms. The fourth-order valence-electron chi connectivity index (χ4n) is 3.25. The number of amides is 1. The van der Waals surface area contributed by atoms with E-state index in [9.17, 15) is 13.2 Å². The fraction of sp³-hybridized carbons (Fsp3) is 0.500. The standard InChI is InChI=1S/C16H19N3O5S2/c1-18-11-6-12-13(24-9-23-12)7-14(11)25-16(18)17-15(20)10-4-3-5-19(8-10)26(2,21)22/h6-7,10H,3-5,8-9H2,1-2H3. The molecule has 8 nitrogen and oxygen atoms in total. The van der Waals surface area contributed by atoms with Gasteiger partial charge in [0.2, 0.25) is 16.8 Å². The summed E-state index contributed by atoms with van der Waals surface area (Å²) in [5.41, 5.74) is 0.909. The third-order valence-electron chi connectivity index (χ3n) is 4.71. The van der Waals surface area contributed by atoms with Crippen LogP contribution in [0, 0.1) is 5.92 Å². The summed E-state index contributed by atoms with van der Waals surface area (Å²) in [7, 11) is -1.45. The third kappa shape index (κ3) is 3.12. The van der Waals surface area contributed by atoms with Crippen molar-refractivity contribution in [2.24, 2.45) is 18.0 Å². The Hall–Kier alpha value is -1.91. The molecule has 2 aliphatic heterocycles. The number of hydrogen-bond acceptors (Lipinski definition) is 6. The Morgan fingerprint density at radius 1 is 1.31 bits per heavy atom. The molecule has 0 N–H and O–H groups in total. The average Bonchev–Trinajstić information content (AvgIpc) is 3.17. The molecule has 4 rings (SSSR count). The molecular weight excluding hydrogens is 378 g/mol. The number of carbonyl (C=O) groups excluding carboxylic acids is 1. The molecular formula is C16H19N3O5S2. The summed E-state index contributed by atoms with van der Waals surface area (Å²) in [4.78, 5) is 17.5. The van der Waals surface area contributed by atoms with Crippen LogP contribution in [0.25, 0.3) is 10.2 Å². The second-order valence-corrected chi connectivity index (χ2v) is 9.52. The zero-order chi connectivity index (χ0) is 18.5. The number of sulfonamides is 1. The Labute approximate surface area is 154 Å².